The minimum atomic E-state index is 0.0294. The molecule has 0 bridgehead atoms. The summed E-state index contributed by atoms with van der Waals surface area (Å²) in [6, 6.07) is 43.1. The average Bonchev–Trinajstić information content (AvgIpc) is 3.78. The number of nitrogens with zero attached hydrogens (tertiary/aromatic N) is 4. The number of ether oxygens (including phenoxy) is 1. The van der Waals surface area contributed by atoms with Crippen LogP contribution in [0.25, 0.3) is 50.1 Å². The number of rotatable bonds is 8. The number of hydrogen-bond donors (Lipinski definition) is 0. The van der Waals surface area contributed by atoms with Crippen LogP contribution in [0.5, 0.6) is 11.5 Å². The molecule has 0 fully saturated rings. The van der Waals surface area contributed by atoms with Crippen LogP contribution in [0.3, 0.4) is 0 Å². The lowest BCUT2D eigenvalue weighted by Crippen LogP contribution is -2.30. The van der Waals surface area contributed by atoms with Crippen molar-refractivity contribution in [2.24, 2.45) is 5.92 Å². The summed E-state index contributed by atoms with van der Waals surface area (Å²) in [6.45, 7) is 18.1. The number of aromatic nitrogens is 4. The normalized spacial score (nSPS) is 12.2. The van der Waals surface area contributed by atoms with E-state index in [1.807, 2.05) is 29.1 Å². The van der Waals surface area contributed by atoms with Crippen LogP contribution in [0.1, 0.15) is 72.1 Å². The highest BCUT2D eigenvalue weighted by atomic mass is 16.5. The largest absolute Gasteiger partial charge is 0.458 e. The van der Waals surface area contributed by atoms with Crippen LogP contribution < -0.4 is 9.30 Å². The van der Waals surface area contributed by atoms with Crippen LogP contribution >= 0.6 is 0 Å². The predicted octanol–water partition coefficient (Wildman–Crippen LogP) is 12.3. The number of fused-ring (bicyclic) bond motifs is 3. The highest BCUT2D eigenvalue weighted by molar-refractivity contribution is 6.10. The lowest BCUT2D eigenvalue weighted by Gasteiger charge is -2.26. The second kappa shape index (κ2) is 14.0. The Morgan fingerprint density at radius 3 is 2.15 bits per heavy atom. The van der Waals surface area contributed by atoms with Gasteiger partial charge in [0.15, 0.2) is 0 Å². The topological polar surface area (TPSA) is 35.9 Å². The predicted molar refractivity (Wildman–Crippen MR) is 226 cm³/mol. The molecule has 5 nitrogen and oxygen atoms in total. The fraction of sp³-hybridized carbons (Fsp3) is 0.240. The summed E-state index contributed by atoms with van der Waals surface area (Å²) in [4.78, 5) is 4.90. The fourth-order valence-electron chi connectivity index (χ4n) is 7.36. The number of imidazole rings is 1. The van der Waals surface area contributed by atoms with E-state index in [0.717, 1.165) is 51.5 Å². The van der Waals surface area contributed by atoms with Crippen LogP contribution in [-0.4, -0.2) is 14.1 Å². The lowest BCUT2D eigenvalue weighted by atomic mass is 9.80. The van der Waals surface area contributed by atoms with E-state index in [1.54, 1.807) is 0 Å². The summed E-state index contributed by atoms with van der Waals surface area (Å²) in [6.07, 6.45) is 10.6. The molecule has 0 amide bonds. The fourth-order valence-corrected chi connectivity index (χ4v) is 7.36. The molecule has 3 aromatic heterocycles. The third-order valence-electron chi connectivity index (χ3n) is 10.4. The summed E-state index contributed by atoms with van der Waals surface area (Å²) < 4.78 is 13.0. The van der Waals surface area contributed by atoms with Gasteiger partial charge in [0.25, 0.3) is 6.33 Å². The van der Waals surface area contributed by atoms with Gasteiger partial charge in [0.1, 0.15) is 17.3 Å². The van der Waals surface area contributed by atoms with E-state index in [9.17, 15) is 0 Å². The molecule has 0 aliphatic heterocycles. The molecule has 0 aliphatic rings. The Hall–Kier alpha value is -5.94. The Labute approximate surface area is 325 Å². The molecule has 8 aromatic rings. The molecular formula is C50H50N4O. The van der Waals surface area contributed by atoms with Crippen LogP contribution in [0.4, 0.5) is 0 Å². The second-order valence-electron chi connectivity index (χ2n) is 17.2. The summed E-state index contributed by atoms with van der Waals surface area (Å²) in [5.41, 5.74) is 10.6. The van der Waals surface area contributed by atoms with E-state index in [-0.39, 0.29) is 10.8 Å². The van der Waals surface area contributed by atoms with Gasteiger partial charge in [-0.25, -0.2) is 4.98 Å². The van der Waals surface area contributed by atoms with Gasteiger partial charge in [0.05, 0.1) is 22.4 Å². The van der Waals surface area contributed by atoms with Crippen molar-refractivity contribution in [1.29, 1.82) is 0 Å². The molecule has 0 saturated heterocycles. The highest BCUT2D eigenvalue weighted by Crippen LogP contribution is 2.38. The maximum Gasteiger partial charge on any atom is 0.268 e. The van der Waals surface area contributed by atoms with Gasteiger partial charge in [-0.1, -0.05) is 104 Å². The monoisotopic (exact) mass is 722 g/mol. The van der Waals surface area contributed by atoms with E-state index in [4.69, 9.17) is 9.72 Å². The van der Waals surface area contributed by atoms with E-state index >= 15 is 0 Å². The second-order valence-corrected chi connectivity index (χ2v) is 17.2. The summed E-state index contributed by atoms with van der Waals surface area (Å²) in [5.74, 6) is 2.97. The van der Waals surface area contributed by atoms with E-state index in [2.05, 4.69) is 186 Å². The molecule has 5 heteroatoms. The zero-order chi connectivity index (χ0) is 38.5. The Morgan fingerprint density at radius 2 is 1.42 bits per heavy atom. The number of benzene rings is 5. The van der Waals surface area contributed by atoms with Crippen molar-refractivity contribution in [2.45, 2.75) is 72.6 Å². The maximum atomic E-state index is 6.63. The smallest absolute Gasteiger partial charge is 0.268 e. The molecule has 0 saturated carbocycles. The van der Waals surface area contributed by atoms with Crippen LogP contribution in [0.15, 0.2) is 140 Å². The van der Waals surface area contributed by atoms with Gasteiger partial charge in [0.2, 0.25) is 0 Å². The molecule has 0 aliphatic carbocycles. The van der Waals surface area contributed by atoms with Gasteiger partial charge < -0.3 is 4.74 Å². The van der Waals surface area contributed by atoms with Crippen molar-refractivity contribution in [1.82, 2.24) is 14.1 Å². The van der Waals surface area contributed by atoms with Gasteiger partial charge in [-0.2, -0.15) is 0 Å². The first-order valence-electron chi connectivity index (χ1n) is 19.4. The average molecular weight is 723 g/mol. The van der Waals surface area contributed by atoms with Crippen molar-refractivity contribution >= 4 is 21.8 Å². The van der Waals surface area contributed by atoms with Crippen molar-refractivity contribution in [3.63, 3.8) is 0 Å². The Bertz CT molecular complexity index is 2620. The summed E-state index contributed by atoms with van der Waals surface area (Å²) in [5, 5.41) is 2.33. The van der Waals surface area contributed by atoms with Gasteiger partial charge in [-0.15, -0.1) is 0 Å². The van der Waals surface area contributed by atoms with Crippen LogP contribution in [-0.2, 0) is 17.3 Å². The molecule has 3 heterocycles. The standard InChI is InChI=1S/C50H50N4O/c1-34(2)25-35-21-22-51-48(26-35)54-46-20-17-37(36-13-10-9-11-14-36)27-45(46)44-19-18-43(32-47(44)54)55-42-16-12-15-40(31-42)52-23-24-53(33-52)41-29-38(49(3,4)5)28-39(30-41)50(6,7)8/h9-24,26-32,34H,25H2,1-8H3. The van der Waals surface area contributed by atoms with Crippen LogP contribution in [0, 0.1) is 12.2 Å². The summed E-state index contributed by atoms with van der Waals surface area (Å²) >= 11 is 0. The summed E-state index contributed by atoms with van der Waals surface area (Å²) in [7, 11) is 0. The molecule has 0 N–H and O–H groups in total. The SMILES string of the molecule is CC(C)Cc1ccnc(-n2c3ccc(-c4ccccc4)cc3c3ccc(Oc4cccc(-n5[c-][n+](-c6cc(C(C)(C)C)cc(C(C)(C)C)c6)cc5)c4)cc32)c1. The molecule has 55 heavy (non-hydrogen) atoms. The molecule has 0 spiro atoms. The first-order valence-corrected chi connectivity index (χ1v) is 19.4. The number of pyridine rings is 1. The molecule has 5 aromatic carbocycles. The quantitative estimate of drug-likeness (QED) is 0.116. The molecule has 0 radical (unpaired) electrons. The zero-order valence-electron chi connectivity index (χ0n) is 33.3. The Balaban J connectivity index is 1.16. The molecular weight excluding hydrogens is 673 g/mol. The van der Waals surface area contributed by atoms with E-state index < -0.39 is 0 Å². The van der Waals surface area contributed by atoms with Crippen molar-refractivity contribution in [3.05, 3.63) is 163 Å². The third kappa shape index (κ3) is 7.44. The highest BCUT2D eigenvalue weighted by Gasteiger charge is 2.21. The molecule has 0 unspecified atom stereocenters. The zero-order valence-corrected chi connectivity index (χ0v) is 33.3. The van der Waals surface area contributed by atoms with Crippen molar-refractivity contribution in [2.75, 3.05) is 0 Å². The van der Waals surface area contributed by atoms with Gasteiger partial charge in [0, 0.05) is 35.4 Å². The molecule has 0 atom stereocenters. The maximum absolute atomic E-state index is 6.63. The first kappa shape index (κ1) is 36.1. The van der Waals surface area contributed by atoms with Gasteiger partial charge in [-0.3, -0.25) is 13.7 Å². The Morgan fingerprint density at radius 1 is 0.673 bits per heavy atom. The third-order valence-corrected chi connectivity index (χ3v) is 10.4. The van der Waals surface area contributed by atoms with Gasteiger partial charge in [-0.05, 0) is 118 Å². The van der Waals surface area contributed by atoms with Gasteiger partial charge >= 0.3 is 0 Å². The Kier molecular flexibility index (Phi) is 9.21. The number of hydrogen-bond acceptors (Lipinski definition) is 2. The molecule has 276 valence electrons. The van der Waals surface area contributed by atoms with Crippen molar-refractivity contribution in [3.8, 4) is 39.8 Å². The first-order chi connectivity index (χ1) is 26.3. The van der Waals surface area contributed by atoms with E-state index in [0.29, 0.717) is 5.92 Å². The minimum Gasteiger partial charge on any atom is -0.458 e. The van der Waals surface area contributed by atoms with Crippen LogP contribution in [0.2, 0.25) is 0 Å². The lowest BCUT2D eigenvalue weighted by molar-refractivity contribution is -0.599. The van der Waals surface area contributed by atoms with E-state index in [1.165, 1.54) is 33.2 Å². The molecule has 8 rings (SSSR count). The minimum absolute atomic E-state index is 0.0294. The van der Waals surface area contributed by atoms with Crippen molar-refractivity contribution < 1.29 is 9.30 Å².